The summed E-state index contributed by atoms with van der Waals surface area (Å²) in [6.07, 6.45) is 4.34. The maximum absolute atomic E-state index is 9.44. The number of aliphatic hydroxyl groups excluding tert-OH is 1. The summed E-state index contributed by atoms with van der Waals surface area (Å²) in [5.41, 5.74) is 2.61. The van der Waals surface area contributed by atoms with Crippen molar-refractivity contribution < 1.29 is 10.2 Å². The Morgan fingerprint density at radius 2 is 2.28 bits per heavy atom. The van der Waals surface area contributed by atoms with E-state index >= 15 is 0 Å². The molecule has 0 heterocycles. The summed E-state index contributed by atoms with van der Waals surface area (Å²) in [4.78, 5) is 0. The molecule has 0 aliphatic heterocycles. The average Bonchev–Trinajstić information content (AvgIpc) is 2.76. The molecule has 0 saturated heterocycles. The predicted molar refractivity (Wildman–Crippen MR) is 72.7 cm³/mol. The van der Waals surface area contributed by atoms with E-state index < -0.39 is 0 Å². The van der Waals surface area contributed by atoms with E-state index in [0.717, 1.165) is 32.2 Å². The smallest absolute Gasteiger partial charge is 0.115 e. The van der Waals surface area contributed by atoms with Crippen molar-refractivity contribution in [2.24, 2.45) is 5.92 Å². The molecule has 100 valence electrons. The lowest BCUT2D eigenvalue weighted by Gasteiger charge is -2.15. The van der Waals surface area contributed by atoms with Gasteiger partial charge in [-0.1, -0.05) is 13.0 Å². The first-order chi connectivity index (χ1) is 8.70. The maximum Gasteiger partial charge on any atom is 0.115 e. The quantitative estimate of drug-likeness (QED) is 0.678. The first kappa shape index (κ1) is 13.4. The van der Waals surface area contributed by atoms with E-state index in [1.54, 1.807) is 6.07 Å². The molecule has 3 heteroatoms. The highest BCUT2D eigenvalue weighted by Crippen LogP contribution is 2.33. The van der Waals surface area contributed by atoms with E-state index in [-0.39, 0.29) is 6.61 Å². The Hall–Kier alpha value is -1.06. The van der Waals surface area contributed by atoms with Crippen molar-refractivity contribution in [3.63, 3.8) is 0 Å². The predicted octanol–water partition coefficient (Wildman–Crippen LogP) is 2.38. The lowest BCUT2D eigenvalue weighted by Crippen LogP contribution is -2.21. The summed E-state index contributed by atoms with van der Waals surface area (Å²) in [6.45, 7) is 3.36. The van der Waals surface area contributed by atoms with E-state index in [2.05, 4.69) is 12.2 Å². The SMILES string of the molecule is CC(CO)CCCNC1CCc2cc(O)ccc21. The van der Waals surface area contributed by atoms with Crippen LogP contribution in [0.3, 0.4) is 0 Å². The molecule has 0 amide bonds. The molecule has 1 aromatic carbocycles. The van der Waals surface area contributed by atoms with Gasteiger partial charge >= 0.3 is 0 Å². The molecule has 3 N–H and O–H groups in total. The van der Waals surface area contributed by atoms with Crippen LogP contribution >= 0.6 is 0 Å². The minimum absolute atomic E-state index is 0.283. The number of rotatable bonds is 6. The number of aryl methyl sites for hydroxylation is 1. The second-order valence-electron chi connectivity index (χ2n) is 5.36. The van der Waals surface area contributed by atoms with Gasteiger partial charge in [-0.2, -0.15) is 0 Å². The van der Waals surface area contributed by atoms with Crippen LogP contribution < -0.4 is 5.32 Å². The Balaban J connectivity index is 1.79. The van der Waals surface area contributed by atoms with E-state index in [0.29, 0.717) is 17.7 Å². The van der Waals surface area contributed by atoms with E-state index in [4.69, 9.17) is 5.11 Å². The van der Waals surface area contributed by atoms with Gasteiger partial charge in [0.1, 0.15) is 5.75 Å². The summed E-state index contributed by atoms with van der Waals surface area (Å²) in [5, 5.41) is 22.0. The van der Waals surface area contributed by atoms with Gasteiger partial charge in [0, 0.05) is 12.6 Å². The van der Waals surface area contributed by atoms with Gasteiger partial charge in [-0.05, 0) is 61.4 Å². The highest BCUT2D eigenvalue weighted by Gasteiger charge is 2.21. The van der Waals surface area contributed by atoms with Gasteiger partial charge in [0.2, 0.25) is 0 Å². The molecule has 0 aromatic heterocycles. The van der Waals surface area contributed by atoms with Crippen molar-refractivity contribution >= 4 is 0 Å². The van der Waals surface area contributed by atoms with Crippen LogP contribution in [0, 0.1) is 5.92 Å². The fraction of sp³-hybridized carbons (Fsp3) is 0.600. The lowest BCUT2D eigenvalue weighted by molar-refractivity contribution is 0.227. The van der Waals surface area contributed by atoms with Gasteiger partial charge in [0.15, 0.2) is 0 Å². The fourth-order valence-corrected chi connectivity index (χ4v) is 2.63. The van der Waals surface area contributed by atoms with Crippen LogP contribution in [0.4, 0.5) is 0 Å². The van der Waals surface area contributed by atoms with Crippen molar-refractivity contribution in [3.05, 3.63) is 29.3 Å². The summed E-state index contributed by atoms with van der Waals surface area (Å²) >= 11 is 0. The standard InChI is InChI=1S/C15H23NO2/c1-11(10-17)3-2-8-16-15-7-4-12-9-13(18)5-6-14(12)15/h5-6,9,11,15-18H,2-4,7-8,10H2,1H3. The van der Waals surface area contributed by atoms with E-state index in [1.165, 1.54) is 11.1 Å². The number of fused-ring (bicyclic) bond motifs is 1. The summed E-state index contributed by atoms with van der Waals surface area (Å²) in [5.74, 6) is 0.769. The lowest BCUT2D eigenvalue weighted by atomic mass is 10.1. The number of phenolic OH excluding ortho intramolecular Hbond substituents is 1. The minimum atomic E-state index is 0.283. The molecule has 0 radical (unpaired) electrons. The molecule has 18 heavy (non-hydrogen) atoms. The highest BCUT2D eigenvalue weighted by molar-refractivity contribution is 5.39. The van der Waals surface area contributed by atoms with Crippen molar-refractivity contribution in [1.29, 1.82) is 0 Å². The third kappa shape index (κ3) is 3.24. The molecular formula is C15H23NO2. The van der Waals surface area contributed by atoms with Crippen LogP contribution in [0.1, 0.15) is 43.4 Å². The number of hydrogen-bond donors (Lipinski definition) is 3. The van der Waals surface area contributed by atoms with Crippen molar-refractivity contribution in [1.82, 2.24) is 5.32 Å². The molecule has 1 aromatic rings. The average molecular weight is 249 g/mol. The second kappa shape index (κ2) is 6.21. The molecule has 1 aliphatic carbocycles. The molecular weight excluding hydrogens is 226 g/mol. The minimum Gasteiger partial charge on any atom is -0.508 e. The largest absolute Gasteiger partial charge is 0.508 e. The van der Waals surface area contributed by atoms with Gasteiger partial charge in [0.25, 0.3) is 0 Å². The van der Waals surface area contributed by atoms with E-state index in [9.17, 15) is 5.11 Å². The Bertz CT molecular complexity index is 392. The monoisotopic (exact) mass is 249 g/mol. The fourth-order valence-electron chi connectivity index (χ4n) is 2.63. The Kier molecular flexibility index (Phi) is 4.61. The van der Waals surface area contributed by atoms with Crippen LogP contribution in [0.5, 0.6) is 5.75 Å². The normalized spacial score (nSPS) is 19.8. The highest BCUT2D eigenvalue weighted by atomic mass is 16.3. The molecule has 0 spiro atoms. The molecule has 1 aliphatic rings. The van der Waals surface area contributed by atoms with Gasteiger partial charge in [-0.15, -0.1) is 0 Å². The number of phenols is 1. The third-order valence-electron chi connectivity index (χ3n) is 3.78. The Morgan fingerprint density at radius 3 is 3.06 bits per heavy atom. The van der Waals surface area contributed by atoms with Crippen LogP contribution in [0.2, 0.25) is 0 Å². The second-order valence-corrected chi connectivity index (χ2v) is 5.36. The topological polar surface area (TPSA) is 52.5 Å². The molecule has 2 rings (SSSR count). The molecule has 0 bridgehead atoms. The summed E-state index contributed by atoms with van der Waals surface area (Å²) in [6, 6.07) is 6.12. The summed E-state index contributed by atoms with van der Waals surface area (Å²) in [7, 11) is 0. The number of benzene rings is 1. The Morgan fingerprint density at radius 1 is 1.44 bits per heavy atom. The molecule has 0 fully saturated rings. The van der Waals surface area contributed by atoms with Crippen molar-refractivity contribution in [3.8, 4) is 5.75 Å². The number of aliphatic hydroxyl groups is 1. The van der Waals surface area contributed by atoms with Crippen molar-refractivity contribution in [2.75, 3.05) is 13.2 Å². The van der Waals surface area contributed by atoms with Crippen LogP contribution in [0.25, 0.3) is 0 Å². The molecule has 2 unspecified atom stereocenters. The van der Waals surface area contributed by atoms with Crippen LogP contribution in [-0.2, 0) is 6.42 Å². The third-order valence-corrected chi connectivity index (χ3v) is 3.78. The van der Waals surface area contributed by atoms with Crippen molar-refractivity contribution in [2.45, 2.75) is 38.6 Å². The maximum atomic E-state index is 9.44. The van der Waals surface area contributed by atoms with E-state index in [1.807, 2.05) is 12.1 Å². The zero-order valence-corrected chi connectivity index (χ0v) is 11.0. The first-order valence-corrected chi connectivity index (χ1v) is 6.86. The van der Waals surface area contributed by atoms with Gasteiger partial charge < -0.3 is 15.5 Å². The molecule has 3 nitrogen and oxygen atoms in total. The number of aromatic hydroxyl groups is 1. The zero-order valence-electron chi connectivity index (χ0n) is 11.0. The summed E-state index contributed by atoms with van der Waals surface area (Å²) < 4.78 is 0. The van der Waals surface area contributed by atoms with Crippen LogP contribution in [-0.4, -0.2) is 23.4 Å². The molecule has 2 atom stereocenters. The molecule has 0 saturated carbocycles. The van der Waals surface area contributed by atoms with Gasteiger partial charge in [-0.25, -0.2) is 0 Å². The number of hydrogen-bond acceptors (Lipinski definition) is 3. The van der Waals surface area contributed by atoms with Gasteiger partial charge in [0.05, 0.1) is 0 Å². The first-order valence-electron chi connectivity index (χ1n) is 6.86. The number of nitrogens with one attached hydrogen (secondary N) is 1. The van der Waals surface area contributed by atoms with Gasteiger partial charge in [-0.3, -0.25) is 0 Å². The van der Waals surface area contributed by atoms with Crippen LogP contribution in [0.15, 0.2) is 18.2 Å². The zero-order chi connectivity index (χ0) is 13.0. The Labute approximate surface area is 109 Å².